The summed E-state index contributed by atoms with van der Waals surface area (Å²) in [6.07, 6.45) is 0.939. The molecule has 5 heteroatoms. The summed E-state index contributed by atoms with van der Waals surface area (Å²) in [6, 6.07) is 6.05. The van der Waals surface area contributed by atoms with E-state index in [-0.39, 0.29) is 0 Å². The molecule has 2 rings (SSSR count). The summed E-state index contributed by atoms with van der Waals surface area (Å²) in [7, 11) is 0. The molecule has 4 nitrogen and oxygen atoms in total. The van der Waals surface area contributed by atoms with Crippen molar-refractivity contribution < 1.29 is 14.6 Å². The molecule has 2 atom stereocenters. The standard InChI is InChI=1S/C17H24BrNO3/c1-11(20)17(19-15(21)22-16(2,3)4)9-8-13-12(10-17)6-5-7-14(13)18/h5-7,11,20H,8-10H2,1-4H3,(H,19,21). The summed E-state index contributed by atoms with van der Waals surface area (Å²) in [4.78, 5) is 12.2. The average Bonchev–Trinajstić information content (AvgIpc) is 2.36. The highest BCUT2D eigenvalue weighted by Crippen LogP contribution is 2.35. The van der Waals surface area contributed by atoms with E-state index in [4.69, 9.17) is 4.74 Å². The second kappa shape index (κ2) is 6.20. The first-order chi connectivity index (χ1) is 10.1. The van der Waals surface area contributed by atoms with Crippen molar-refractivity contribution in [1.29, 1.82) is 0 Å². The van der Waals surface area contributed by atoms with Crippen LogP contribution in [-0.4, -0.2) is 28.4 Å². The molecule has 0 radical (unpaired) electrons. The quantitative estimate of drug-likeness (QED) is 0.837. The first-order valence-electron chi connectivity index (χ1n) is 7.58. The largest absolute Gasteiger partial charge is 0.444 e. The van der Waals surface area contributed by atoms with Crippen molar-refractivity contribution in [3.63, 3.8) is 0 Å². The zero-order valence-corrected chi connectivity index (χ0v) is 15.2. The molecule has 0 aliphatic heterocycles. The monoisotopic (exact) mass is 369 g/mol. The molecule has 0 saturated heterocycles. The number of hydrogen-bond donors (Lipinski definition) is 2. The molecule has 22 heavy (non-hydrogen) atoms. The highest BCUT2D eigenvalue weighted by atomic mass is 79.9. The first-order valence-corrected chi connectivity index (χ1v) is 8.38. The smallest absolute Gasteiger partial charge is 0.408 e. The lowest BCUT2D eigenvalue weighted by atomic mass is 9.75. The first kappa shape index (κ1) is 17.3. The number of carbonyl (C=O) groups is 1. The molecule has 0 fully saturated rings. The van der Waals surface area contributed by atoms with Crippen LogP contribution in [0.1, 0.15) is 45.2 Å². The van der Waals surface area contributed by atoms with Crippen molar-refractivity contribution in [2.24, 2.45) is 0 Å². The Hall–Kier alpha value is -1.07. The minimum Gasteiger partial charge on any atom is -0.444 e. The number of hydrogen-bond acceptors (Lipinski definition) is 3. The van der Waals surface area contributed by atoms with E-state index in [1.807, 2.05) is 39.0 Å². The Labute approximate surface area is 140 Å². The predicted molar refractivity (Wildman–Crippen MR) is 89.9 cm³/mol. The molecule has 0 aromatic heterocycles. The topological polar surface area (TPSA) is 58.6 Å². The molecule has 2 N–H and O–H groups in total. The van der Waals surface area contributed by atoms with Crippen LogP contribution >= 0.6 is 15.9 Å². The maximum Gasteiger partial charge on any atom is 0.408 e. The molecule has 0 saturated carbocycles. The molecule has 1 aromatic rings. The van der Waals surface area contributed by atoms with Crippen LogP contribution < -0.4 is 5.32 Å². The van der Waals surface area contributed by atoms with Gasteiger partial charge in [0, 0.05) is 4.47 Å². The van der Waals surface area contributed by atoms with Gasteiger partial charge in [0.25, 0.3) is 0 Å². The lowest BCUT2D eigenvalue weighted by molar-refractivity contribution is 0.0214. The van der Waals surface area contributed by atoms with Crippen molar-refractivity contribution in [3.8, 4) is 0 Å². The summed E-state index contributed by atoms with van der Waals surface area (Å²) in [5.74, 6) is 0. The number of benzene rings is 1. The fourth-order valence-electron chi connectivity index (χ4n) is 2.90. The lowest BCUT2D eigenvalue weighted by Crippen LogP contribution is -2.59. The average molecular weight is 370 g/mol. The van der Waals surface area contributed by atoms with Gasteiger partial charge in [0.15, 0.2) is 0 Å². The van der Waals surface area contributed by atoms with E-state index in [1.54, 1.807) is 6.92 Å². The molecule has 122 valence electrons. The van der Waals surface area contributed by atoms with Gasteiger partial charge in [-0.1, -0.05) is 28.1 Å². The molecule has 1 aliphatic rings. The van der Waals surface area contributed by atoms with Crippen LogP contribution in [0, 0.1) is 0 Å². The second-order valence-electron chi connectivity index (χ2n) is 7.01. The zero-order valence-electron chi connectivity index (χ0n) is 13.6. The van der Waals surface area contributed by atoms with Crippen LogP contribution in [0.25, 0.3) is 0 Å². The van der Waals surface area contributed by atoms with Gasteiger partial charge in [-0.2, -0.15) is 0 Å². The Morgan fingerprint density at radius 3 is 2.73 bits per heavy atom. The number of halogens is 1. The van der Waals surface area contributed by atoms with E-state index in [9.17, 15) is 9.90 Å². The molecule has 0 bridgehead atoms. The van der Waals surface area contributed by atoms with Gasteiger partial charge in [0.05, 0.1) is 11.6 Å². The predicted octanol–water partition coefficient (Wildman–Crippen LogP) is 3.58. The van der Waals surface area contributed by atoms with Crippen molar-refractivity contribution in [3.05, 3.63) is 33.8 Å². The summed E-state index contributed by atoms with van der Waals surface area (Å²) >= 11 is 3.57. The van der Waals surface area contributed by atoms with Crippen molar-refractivity contribution >= 4 is 22.0 Å². The number of alkyl carbamates (subject to hydrolysis) is 1. The number of carbonyl (C=O) groups excluding carboxylic acids is 1. The van der Waals surface area contributed by atoms with Gasteiger partial charge < -0.3 is 15.2 Å². The second-order valence-corrected chi connectivity index (χ2v) is 7.87. The van der Waals surface area contributed by atoms with Gasteiger partial charge in [-0.3, -0.25) is 0 Å². The summed E-state index contributed by atoms with van der Waals surface area (Å²) in [5, 5.41) is 13.2. The van der Waals surface area contributed by atoms with Crippen LogP contribution in [0.15, 0.2) is 22.7 Å². The fourth-order valence-corrected chi connectivity index (χ4v) is 3.51. The summed E-state index contributed by atoms with van der Waals surface area (Å²) in [6.45, 7) is 7.21. The Morgan fingerprint density at radius 2 is 2.14 bits per heavy atom. The highest BCUT2D eigenvalue weighted by Gasteiger charge is 2.41. The number of fused-ring (bicyclic) bond motifs is 1. The van der Waals surface area contributed by atoms with Gasteiger partial charge in [-0.05, 0) is 64.2 Å². The molecule has 1 aromatic carbocycles. The van der Waals surface area contributed by atoms with Gasteiger partial charge in [0.1, 0.15) is 5.60 Å². The number of amides is 1. The maximum absolute atomic E-state index is 12.2. The Morgan fingerprint density at radius 1 is 1.45 bits per heavy atom. The van der Waals surface area contributed by atoms with Crippen LogP contribution in [0.3, 0.4) is 0 Å². The van der Waals surface area contributed by atoms with E-state index in [0.717, 1.165) is 16.5 Å². The number of ether oxygens (including phenoxy) is 1. The third-order valence-electron chi connectivity index (χ3n) is 4.09. The Kier molecular flexibility index (Phi) is 4.87. The highest BCUT2D eigenvalue weighted by molar-refractivity contribution is 9.10. The molecular formula is C17H24BrNO3. The third kappa shape index (κ3) is 3.82. The molecule has 0 spiro atoms. The third-order valence-corrected chi connectivity index (χ3v) is 4.84. The molecule has 1 aliphatic carbocycles. The molecule has 1 amide bonds. The number of aliphatic hydroxyl groups excluding tert-OH is 1. The fraction of sp³-hybridized carbons (Fsp3) is 0.588. The molecular weight excluding hydrogens is 346 g/mol. The Bertz CT molecular complexity index is 566. The van der Waals surface area contributed by atoms with E-state index >= 15 is 0 Å². The van der Waals surface area contributed by atoms with Crippen LogP contribution in [0.4, 0.5) is 4.79 Å². The van der Waals surface area contributed by atoms with Crippen LogP contribution in [0.2, 0.25) is 0 Å². The summed E-state index contributed by atoms with van der Waals surface area (Å²) in [5.41, 5.74) is 1.16. The normalized spacial score (nSPS) is 22.6. The van der Waals surface area contributed by atoms with Crippen molar-refractivity contribution in [2.75, 3.05) is 0 Å². The van der Waals surface area contributed by atoms with E-state index in [2.05, 4.69) is 21.2 Å². The number of nitrogens with one attached hydrogen (secondary N) is 1. The van der Waals surface area contributed by atoms with E-state index < -0.39 is 23.3 Å². The van der Waals surface area contributed by atoms with Gasteiger partial charge >= 0.3 is 6.09 Å². The van der Waals surface area contributed by atoms with Gasteiger partial charge in [0.2, 0.25) is 0 Å². The maximum atomic E-state index is 12.2. The van der Waals surface area contributed by atoms with Crippen molar-refractivity contribution in [2.45, 2.75) is 64.2 Å². The minimum atomic E-state index is -0.684. The number of aliphatic hydroxyl groups is 1. The molecule has 0 heterocycles. The van der Waals surface area contributed by atoms with Crippen LogP contribution in [-0.2, 0) is 17.6 Å². The van der Waals surface area contributed by atoms with Gasteiger partial charge in [-0.25, -0.2) is 4.79 Å². The Balaban J connectivity index is 2.23. The lowest BCUT2D eigenvalue weighted by Gasteiger charge is -2.41. The van der Waals surface area contributed by atoms with E-state index in [0.29, 0.717) is 12.8 Å². The van der Waals surface area contributed by atoms with Crippen LogP contribution in [0.5, 0.6) is 0 Å². The number of rotatable bonds is 2. The van der Waals surface area contributed by atoms with Crippen molar-refractivity contribution in [1.82, 2.24) is 5.32 Å². The minimum absolute atomic E-state index is 0.480. The molecule has 2 unspecified atom stereocenters. The zero-order chi connectivity index (χ0) is 16.5. The summed E-state index contributed by atoms with van der Waals surface area (Å²) < 4.78 is 6.44. The van der Waals surface area contributed by atoms with Gasteiger partial charge in [-0.15, -0.1) is 0 Å². The van der Waals surface area contributed by atoms with E-state index in [1.165, 1.54) is 5.56 Å². The SMILES string of the molecule is CC(O)C1(NC(=O)OC(C)(C)C)CCc2c(Br)cccc2C1.